The molecule has 0 aliphatic heterocycles. The summed E-state index contributed by atoms with van der Waals surface area (Å²) in [5.74, 6) is 0. The molecular formula is C12H22ClNO2S. The molecule has 0 amide bonds. The highest BCUT2D eigenvalue weighted by atomic mass is 35.5. The van der Waals surface area contributed by atoms with Crippen molar-refractivity contribution in [3.63, 3.8) is 0 Å². The molecule has 0 aliphatic rings. The highest BCUT2D eigenvalue weighted by Crippen LogP contribution is 2.23. The van der Waals surface area contributed by atoms with Crippen molar-refractivity contribution in [3.05, 3.63) is 28.8 Å². The smallest absolute Gasteiger partial charge is 0.229 e. The first-order chi connectivity index (χ1) is 7.88. The van der Waals surface area contributed by atoms with Crippen LogP contribution >= 0.6 is 11.6 Å². The van der Waals surface area contributed by atoms with Gasteiger partial charge in [-0.05, 0) is 24.6 Å². The summed E-state index contributed by atoms with van der Waals surface area (Å²) in [7, 11) is -3.25. The lowest BCUT2D eigenvalue weighted by atomic mass is 10.2. The minimum atomic E-state index is -3.25. The monoisotopic (exact) mass is 279 g/mol. The van der Waals surface area contributed by atoms with Gasteiger partial charge in [0.2, 0.25) is 10.0 Å². The van der Waals surface area contributed by atoms with Crippen molar-refractivity contribution in [2.45, 2.75) is 34.6 Å². The fourth-order valence-corrected chi connectivity index (χ4v) is 1.82. The van der Waals surface area contributed by atoms with Gasteiger partial charge in [-0.1, -0.05) is 45.4 Å². The lowest BCUT2D eigenvalue weighted by Crippen LogP contribution is -2.09. The Morgan fingerprint density at radius 2 is 1.59 bits per heavy atom. The zero-order valence-corrected chi connectivity index (χ0v) is 12.9. The number of halogens is 1. The molecule has 0 radical (unpaired) electrons. The predicted octanol–water partition coefficient (Wildman–Crippen LogP) is 4.07. The quantitative estimate of drug-likeness (QED) is 0.887. The lowest BCUT2D eigenvalue weighted by Gasteiger charge is -2.06. The summed E-state index contributed by atoms with van der Waals surface area (Å²) in [4.78, 5) is 0. The van der Waals surface area contributed by atoms with Crippen LogP contribution in [0.4, 0.5) is 5.69 Å². The number of sulfonamides is 1. The van der Waals surface area contributed by atoms with Crippen molar-refractivity contribution in [1.29, 1.82) is 0 Å². The van der Waals surface area contributed by atoms with E-state index < -0.39 is 10.0 Å². The minimum absolute atomic E-state index is 0.408. The molecule has 0 heterocycles. The van der Waals surface area contributed by atoms with Gasteiger partial charge in [0.05, 0.1) is 17.0 Å². The van der Waals surface area contributed by atoms with Crippen LogP contribution in [0.15, 0.2) is 18.2 Å². The van der Waals surface area contributed by atoms with Crippen LogP contribution in [-0.2, 0) is 10.0 Å². The number of benzene rings is 1. The Morgan fingerprint density at radius 3 is 1.94 bits per heavy atom. The zero-order chi connectivity index (χ0) is 14.1. The molecule has 0 bridgehead atoms. The van der Waals surface area contributed by atoms with Gasteiger partial charge in [-0.25, -0.2) is 8.42 Å². The highest BCUT2D eigenvalue weighted by molar-refractivity contribution is 7.92. The predicted molar refractivity (Wildman–Crippen MR) is 77.4 cm³/mol. The second kappa shape index (κ2) is 9.31. The molecule has 17 heavy (non-hydrogen) atoms. The topological polar surface area (TPSA) is 46.2 Å². The number of hydrogen-bond acceptors (Lipinski definition) is 2. The molecular weight excluding hydrogens is 258 g/mol. The number of anilines is 1. The first kappa shape index (κ1) is 18.6. The first-order valence-corrected chi connectivity index (χ1v) is 7.89. The summed E-state index contributed by atoms with van der Waals surface area (Å²) >= 11 is 5.81. The van der Waals surface area contributed by atoms with E-state index >= 15 is 0 Å². The summed E-state index contributed by atoms with van der Waals surface area (Å²) in [6.45, 7) is 9.89. The van der Waals surface area contributed by atoms with Crippen molar-refractivity contribution < 1.29 is 8.42 Å². The van der Waals surface area contributed by atoms with Crippen LogP contribution in [0, 0.1) is 6.92 Å². The molecule has 0 aromatic heterocycles. The molecule has 0 saturated carbocycles. The van der Waals surface area contributed by atoms with Gasteiger partial charge in [0.15, 0.2) is 0 Å². The van der Waals surface area contributed by atoms with Crippen LogP contribution in [-0.4, -0.2) is 14.7 Å². The highest BCUT2D eigenvalue weighted by Gasteiger charge is 2.05. The van der Waals surface area contributed by atoms with E-state index in [-0.39, 0.29) is 0 Å². The van der Waals surface area contributed by atoms with Gasteiger partial charge in [0.1, 0.15) is 0 Å². The van der Waals surface area contributed by atoms with Crippen LogP contribution in [0.2, 0.25) is 5.02 Å². The fraction of sp³-hybridized carbons (Fsp3) is 0.500. The van der Waals surface area contributed by atoms with Gasteiger partial charge in [0, 0.05) is 0 Å². The molecule has 3 nitrogen and oxygen atoms in total. The number of rotatable bonds is 2. The number of nitrogens with one attached hydrogen (secondary N) is 1. The summed E-state index contributed by atoms with van der Waals surface area (Å²) in [5, 5.41) is 0.408. The van der Waals surface area contributed by atoms with Gasteiger partial charge in [-0.2, -0.15) is 0 Å². The van der Waals surface area contributed by atoms with E-state index in [2.05, 4.69) is 4.72 Å². The molecule has 5 heteroatoms. The molecule has 1 aromatic carbocycles. The standard InChI is InChI=1S/C8H10ClNO2S.2C2H6/c1-6-3-4-8(7(9)5-6)10-13(2,11)12;2*1-2/h3-5,10H,1-2H3;2*1-2H3. The van der Waals surface area contributed by atoms with Crippen LogP contribution in [0.3, 0.4) is 0 Å². The van der Waals surface area contributed by atoms with Gasteiger partial charge in [-0.3, -0.25) is 4.72 Å². The van der Waals surface area contributed by atoms with Crippen LogP contribution in [0.5, 0.6) is 0 Å². The third kappa shape index (κ3) is 9.01. The first-order valence-electron chi connectivity index (χ1n) is 5.62. The van der Waals surface area contributed by atoms with E-state index in [1.165, 1.54) is 0 Å². The Labute approximate surface area is 110 Å². The fourth-order valence-electron chi connectivity index (χ4n) is 0.903. The molecule has 100 valence electrons. The van der Waals surface area contributed by atoms with E-state index in [1.54, 1.807) is 18.2 Å². The van der Waals surface area contributed by atoms with E-state index in [0.717, 1.165) is 11.8 Å². The van der Waals surface area contributed by atoms with E-state index in [9.17, 15) is 8.42 Å². The average molecular weight is 280 g/mol. The Kier molecular flexibility index (Phi) is 10.2. The lowest BCUT2D eigenvalue weighted by molar-refractivity contribution is 0.607. The summed E-state index contributed by atoms with van der Waals surface area (Å²) in [5.41, 5.74) is 1.40. The molecule has 1 aromatic rings. The molecule has 1 N–H and O–H groups in total. The summed E-state index contributed by atoms with van der Waals surface area (Å²) in [6, 6.07) is 5.13. The van der Waals surface area contributed by atoms with Gasteiger partial charge >= 0.3 is 0 Å². The Hall–Kier alpha value is -0.740. The van der Waals surface area contributed by atoms with Crippen molar-refractivity contribution >= 4 is 27.3 Å². The number of hydrogen-bond donors (Lipinski definition) is 1. The maximum absolute atomic E-state index is 10.9. The molecule has 0 saturated heterocycles. The molecule has 0 atom stereocenters. The van der Waals surface area contributed by atoms with Gasteiger partial charge in [-0.15, -0.1) is 0 Å². The Balaban J connectivity index is 0. The third-order valence-electron chi connectivity index (χ3n) is 1.42. The second-order valence-electron chi connectivity index (χ2n) is 2.86. The van der Waals surface area contributed by atoms with Crippen molar-refractivity contribution in [2.24, 2.45) is 0 Å². The zero-order valence-electron chi connectivity index (χ0n) is 11.3. The van der Waals surface area contributed by atoms with Gasteiger partial charge < -0.3 is 0 Å². The van der Waals surface area contributed by atoms with Crippen LogP contribution in [0.1, 0.15) is 33.3 Å². The van der Waals surface area contributed by atoms with Crippen LogP contribution < -0.4 is 4.72 Å². The molecule has 0 unspecified atom stereocenters. The normalized spacial score (nSPS) is 9.35. The minimum Gasteiger partial charge on any atom is -0.282 e. The molecule has 0 spiro atoms. The molecule has 0 fully saturated rings. The SMILES string of the molecule is CC.CC.Cc1ccc(NS(C)(=O)=O)c(Cl)c1. The largest absolute Gasteiger partial charge is 0.282 e. The van der Waals surface area contributed by atoms with Gasteiger partial charge in [0.25, 0.3) is 0 Å². The second-order valence-corrected chi connectivity index (χ2v) is 5.01. The maximum Gasteiger partial charge on any atom is 0.229 e. The number of aryl methyl sites for hydroxylation is 1. The molecule has 0 aliphatic carbocycles. The summed E-state index contributed by atoms with van der Waals surface area (Å²) in [6.07, 6.45) is 1.09. The molecule has 1 rings (SSSR count). The van der Waals surface area contributed by atoms with Crippen molar-refractivity contribution in [1.82, 2.24) is 0 Å². The summed E-state index contributed by atoms with van der Waals surface area (Å²) < 4.78 is 24.1. The van der Waals surface area contributed by atoms with Crippen molar-refractivity contribution in [2.75, 3.05) is 11.0 Å². The Morgan fingerprint density at radius 1 is 1.12 bits per heavy atom. The Bertz CT molecular complexity index is 417. The van der Waals surface area contributed by atoms with Crippen LogP contribution in [0.25, 0.3) is 0 Å². The van der Waals surface area contributed by atoms with E-state index in [0.29, 0.717) is 10.7 Å². The van der Waals surface area contributed by atoms with E-state index in [4.69, 9.17) is 11.6 Å². The third-order valence-corrected chi connectivity index (χ3v) is 2.32. The van der Waals surface area contributed by atoms with E-state index in [1.807, 2.05) is 34.6 Å². The average Bonchev–Trinajstić information content (AvgIpc) is 2.27. The van der Waals surface area contributed by atoms with Crippen molar-refractivity contribution in [3.8, 4) is 0 Å². The maximum atomic E-state index is 10.9.